The molecule has 2 aromatic rings. The molecule has 5 heteroatoms. The molecule has 0 spiro atoms. The smallest absolute Gasteiger partial charge is 0.162 e. The summed E-state index contributed by atoms with van der Waals surface area (Å²) in [5, 5.41) is 8.02. The lowest BCUT2D eigenvalue weighted by molar-refractivity contribution is 0.752. The van der Waals surface area contributed by atoms with Crippen LogP contribution < -0.4 is 5.32 Å². The van der Waals surface area contributed by atoms with Gasteiger partial charge in [-0.3, -0.25) is 0 Å². The molecule has 0 aromatic carbocycles. The normalized spacial score (nSPS) is 11.2. The molecule has 2 rings (SSSR count). The van der Waals surface area contributed by atoms with Gasteiger partial charge in [-0.25, -0.2) is 14.6 Å². The van der Waals surface area contributed by atoms with Crippen molar-refractivity contribution in [2.75, 3.05) is 11.9 Å². The van der Waals surface area contributed by atoms with Crippen LogP contribution in [0.5, 0.6) is 0 Å². The van der Waals surface area contributed by atoms with E-state index in [1.165, 1.54) is 5.56 Å². The van der Waals surface area contributed by atoms with Crippen LogP contribution in [0.25, 0.3) is 5.82 Å². The van der Waals surface area contributed by atoms with Gasteiger partial charge in [-0.15, -0.1) is 0 Å². The van der Waals surface area contributed by atoms with Crippen LogP contribution in [-0.4, -0.2) is 26.3 Å². The second-order valence-electron chi connectivity index (χ2n) is 5.56. The van der Waals surface area contributed by atoms with Crippen LogP contribution in [-0.2, 0) is 6.42 Å². The molecule has 0 unspecified atom stereocenters. The fourth-order valence-electron chi connectivity index (χ4n) is 2.79. The van der Waals surface area contributed by atoms with E-state index >= 15 is 0 Å². The Morgan fingerprint density at radius 3 is 2.43 bits per heavy atom. The highest BCUT2D eigenvalue weighted by Gasteiger charge is 2.20. The Balaban J connectivity index is 2.66. The molecule has 0 aliphatic rings. The average Bonchev–Trinajstić information content (AvgIpc) is 2.73. The first-order valence-electron chi connectivity index (χ1n) is 7.65. The Morgan fingerprint density at radius 1 is 1.19 bits per heavy atom. The maximum absolute atomic E-state index is 4.69. The number of hydrogen-bond donors (Lipinski definition) is 1. The Kier molecular flexibility index (Phi) is 4.60. The molecule has 0 bridgehead atoms. The standard InChI is InChI=1S/C16H25N5/c1-7-13-11(5)20-21(12(13)6)16-14(10(3)4)15(17-8-2)18-9-19-16/h9-10H,7-8H2,1-6H3,(H,17,18,19). The van der Waals surface area contributed by atoms with Crippen molar-refractivity contribution < 1.29 is 0 Å². The molecule has 0 amide bonds. The Labute approximate surface area is 126 Å². The highest BCUT2D eigenvalue weighted by Crippen LogP contribution is 2.29. The fraction of sp³-hybridized carbons (Fsp3) is 0.562. The van der Waals surface area contributed by atoms with Gasteiger partial charge in [0.05, 0.1) is 5.69 Å². The van der Waals surface area contributed by atoms with Gasteiger partial charge in [-0.05, 0) is 38.7 Å². The second kappa shape index (κ2) is 6.24. The number of anilines is 1. The van der Waals surface area contributed by atoms with Crippen molar-refractivity contribution >= 4 is 5.82 Å². The number of hydrogen-bond acceptors (Lipinski definition) is 4. The van der Waals surface area contributed by atoms with Crippen LogP contribution in [0.3, 0.4) is 0 Å². The Morgan fingerprint density at radius 2 is 1.90 bits per heavy atom. The Hall–Kier alpha value is -1.91. The molecular weight excluding hydrogens is 262 g/mol. The van der Waals surface area contributed by atoms with Gasteiger partial charge in [0.15, 0.2) is 5.82 Å². The molecule has 0 saturated carbocycles. The minimum absolute atomic E-state index is 0.323. The summed E-state index contributed by atoms with van der Waals surface area (Å²) in [6, 6.07) is 0. The van der Waals surface area contributed by atoms with Crippen LogP contribution in [0, 0.1) is 13.8 Å². The first-order valence-corrected chi connectivity index (χ1v) is 7.65. The fourth-order valence-corrected chi connectivity index (χ4v) is 2.79. The summed E-state index contributed by atoms with van der Waals surface area (Å²) in [7, 11) is 0. The lowest BCUT2D eigenvalue weighted by atomic mass is 10.0. The summed E-state index contributed by atoms with van der Waals surface area (Å²) in [5.41, 5.74) is 4.66. The zero-order valence-corrected chi connectivity index (χ0v) is 13.9. The zero-order chi connectivity index (χ0) is 15.6. The molecule has 1 N–H and O–H groups in total. The summed E-state index contributed by atoms with van der Waals surface area (Å²) in [6.45, 7) is 13.6. The van der Waals surface area contributed by atoms with E-state index < -0.39 is 0 Å². The third kappa shape index (κ3) is 2.77. The van der Waals surface area contributed by atoms with Crippen LogP contribution in [0.15, 0.2) is 6.33 Å². The van der Waals surface area contributed by atoms with Crippen LogP contribution in [0.2, 0.25) is 0 Å². The maximum atomic E-state index is 4.69. The van der Waals surface area contributed by atoms with Crippen LogP contribution in [0.4, 0.5) is 5.82 Å². The first-order chi connectivity index (χ1) is 10.0. The molecule has 21 heavy (non-hydrogen) atoms. The van der Waals surface area contributed by atoms with Crippen molar-refractivity contribution in [3.8, 4) is 5.82 Å². The van der Waals surface area contributed by atoms with Gasteiger partial charge in [-0.2, -0.15) is 5.10 Å². The molecule has 114 valence electrons. The molecule has 0 fully saturated rings. The predicted octanol–water partition coefficient (Wildman–Crippen LogP) is 3.40. The molecule has 2 aromatic heterocycles. The predicted molar refractivity (Wildman–Crippen MR) is 86.3 cm³/mol. The van der Waals surface area contributed by atoms with E-state index in [1.807, 2.05) is 4.68 Å². The van der Waals surface area contributed by atoms with Crippen molar-refractivity contribution in [3.05, 3.63) is 28.8 Å². The summed E-state index contributed by atoms with van der Waals surface area (Å²) in [5.74, 6) is 2.11. The van der Waals surface area contributed by atoms with E-state index in [4.69, 9.17) is 5.10 Å². The second-order valence-corrected chi connectivity index (χ2v) is 5.56. The molecule has 0 radical (unpaired) electrons. The third-order valence-electron chi connectivity index (χ3n) is 3.78. The van der Waals surface area contributed by atoms with Gasteiger partial charge in [-0.1, -0.05) is 20.8 Å². The molecule has 5 nitrogen and oxygen atoms in total. The van der Waals surface area contributed by atoms with E-state index in [9.17, 15) is 0 Å². The van der Waals surface area contributed by atoms with Crippen LogP contribution >= 0.6 is 0 Å². The summed E-state index contributed by atoms with van der Waals surface area (Å²) in [4.78, 5) is 8.90. The SMILES string of the molecule is CCNc1ncnc(-n2nc(C)c(CC)c2C)c1C(C)C. The van der Waals surface area contributed by atoms with Gasteiger partial charge in [0.1, 0.15) is 12.1 Å². The van der Waals surface area contributed by atoms with Crippen molar-refractivity contribution in [3.63, 3.8) is 0 Å². The number of nitrogens with zero attached hydrogens (tertiary/aromatic N) is 4. The number of rotatable bonds is 5. The minimum Gasteiger partial charge on any atom is -0.370 e. The largest absolute Gasteiger partial charge is 0.370 e. The van der Waals surface area contributed by atoms with Gasteiger partial charge >= 0.3 is 0 Å². The van der Waals surface area contributed by atoms with E-state index in [-0.39, 0.29) is 0 Å². The molecule has 2 heterocycles. The summed E-state index contributed by atoms with van der Waals surface area (Å²) < 4.78 is 1.96. The third-order valence-corrected chi connectivity index (χ3v) is 3.78. The number of nitrogens with one attached hydrogen (secondary N) is 1. The highest BCUT2D eigenvalue weighted by atomic mass is 15.3. The van der Waals surface area contributed by atoms with Gasteiger partial charge in [0, 0.05) is 17.8 Å². The van der Waals surface area contributed by atoms with Crippen LogP contribution in [0.1, 0.15) is 56.1 Å². The Bertz CT molecular complexity index is 628. The van der Waals surface area contributed by atoms with E-state index in [0.29, 0.717) is 5.92 Å². The summed E-state index contributed by atoms with van der Waals surface area (Å²) in [6.07, 6.45) is 2.60. The minimum atomic E-state index is 0.323. The molecular formula is C16H25N5. The highest BCUT2D eigenvalue weighted by molar-refractivity contribution is 5.54. The molecule has 0 aliphatic heterocycles. The van der Waals surface area contributed by atoms with Crippen molar-refractivity contribution in [2.45, 2.75) is 53.9 Å². The van der Waals surface area contributed by atoms with Gasteiger partial charge < -0.3 is 5.32 Å². The summed E-state index contributed by atoms with van der Waals surface area (Å²) >= 11 is 0. The van der Waals surface area contributed by atoms with Gasteiger partial charge in [0.2, 0.25) is 0 Å². The van der Waals surface area contributed by atoms with E-state index in [2.05, 4.69) is 56.8 Å². The number of aromatic nitrogens is 4. The van der Waals surface area contributed by atoms with Crippen molar-refractivity contribution in [1.82, 2.24) is 19.7 Å². The molecule has 0 saturated heterocycles. The topological polar surface area (TPSA) is 55.6 Å². The maximum Gasteiger partial charge on any atom is 0.162 e. The van der Waals surface area contributed by atoms with Crippen molar-refractivity contribution in [2.24, 2.45) is 0 Å². The first kappa shape index (κ1) is 15.5. The molecule has 0 aliphatic carbocycles. The number of aryl methyl sites for hydroxylation is 1. The monoisotopic (exact) mass is 287 g/mol. The average molecular weight is 287 g/mol. The lowest BCUT2D eigenvalue weighted by Crippen LogP contribution is -2.13. The van der Waals surface area contributed by atoms with Gasteiger partial charge in [0.25, 0.3) is 0 Å². The molecule has 0 atom stereocenters. The zero-order valence-electron chi connectivity index (χ0n) is 13.9. The van der Waals surface area contributed by atoms with Crippen molar-refractivity contribution in [1.29, 1.82) is 0 Å². The quantitative estimate of drug-likeness (QED) is 0.915. The van der Waals surface area contributed by atoms with E-state index in [0.717, 1.165) is 41.6 Å². The lowest BCUT2D eigenvalue weighted by Gasteiger charge is -2.17. The van der Waals surface area contributed by atoms with E-state index in [1.54, 1.807) is 6.33 Å².